The van der Waals surface area contributed by atoms with E-state index in [1.165, 1.54) is 11.4 Å². The molecule has 0 saturated heterocycles. The highest BCUT2D eigenvalue weighted by molar-refractivity contribution is 7.09. The molecule has 1 heterocycles. The highest BCUT2D eigenvalue weighted by atomic mass is 32.1. The van der Waals surface area contributed by atoms with Gasteiger partial charge in [-0.3, -0.25) is 0 Å². The van der Waals surface area contributed by atoms with Crippen LogP contribution in [0.3, 0.4) is 0 Å². The molecule has 1 aliphatic carbocycles. The summed E-state index contributed by atoms with van der Waals surface area (Å²) in [7, 11) is 0. The molecule has 1 aromatic heterocycles. The van der Waals surface area contributed by atoms with E-state index in [1.54, 1.807) is 11.3 Å². The molecule has 0 aromatic carbocycles. The van der Waals surface area contributed by atoms with Gasteiger partial charge in [-0.25, -0.2) is 4.98 Å². The van der Waals surface area contributed by atoms with Crippen molar-refractivity contribution in [2.75, 3.05) is 0 Å². The zero-order chi connectivity index (χ0) is 10.3. The molecule has 78 valence electrons. The van der Waals surface area contributed by atoms with Gasteiger partial charge in [0.2, 0.25) is 0 Å². The second kappa shape index (κ2) is 3.63. The molecular weight excluding hydrogens is 192 g/mol. The van der Waals surface area contributed by atoms with Crippen LogP contribution in [0, 0.1) is 11.8 Å². The molecule has 3 unspecified atom stereocenters. The van der Waals surface area contributed by atoms with Gasteiger partial charge in [0, 0.05) is 11.3 Å². The molecule has 1 fully saturated rings. The van der Waals surface area contributed by atoms with E-state index in [-0.39, 0.29) is 6.04 Å². The van der Waals surface area contributed by atoms with Crippen molar-refractivity contribution in [1.29, 1.82) is 0 Å². The quantitative estimate of drug-likeness (QED) is 0.833. The van der Waals surface area contributed by atoms with E-state index in [1.807, 2.05) is 0 Å². The van der Waals surface area contributed by atoms with Gasteiger partial charge in [0.1, 0.15) is 0 Å². The Balaban J connectivity index is 2.10. The fourth-order valence-corrected chi connectivity index (χ4v) is 2.74. The fourth-order valence-electron chi connectivity index (χ4n) is 1.63. The summed E-state index contributed by atoms with van der Waals surface area (Å²) in [6.07, 6.45) is 1.31. The number of hydrogen-bond donors (Lipinski definition) is 1. The van der Waals surface area contributed by atoms with Crippen molar-refractivity contribution >= 4 is 11.3 Å². The summed E-state index contributed by atoms with van der Waals surface area (Å²) in [5.41, 5.74) is 7.13. The molecule has 0 aliphatic heterocycles. The highest BCUT2D eigenvalue weighted by Gasteiger charge is 2.36. The summed E-state index contributed by atoms with van der Waals surface area (Å²) < 4.78 is 0. The first-order valence-electron chi connectivity index (χ1n) is 5.30. The predicted molar refractivity (Wildman–Crippen MR) is 60.4 cm³/mol. The average Bonchev–Trinajstić information content (AvgIpc) is 2.67. The Morgan fingerprint density at radius 2 is 2.21 bits per heavy atom. The monoisotopic (exact) mass is 210 g/mol. The number of aromatic nitrogens is 1. The second-order valence-electron chi connectivity index (χ2n) is 4.70. The van der Waals surface area contributed by atoms with E-state index < -0.39 is 0 Å². The zero-order valence-electron chi connectivity index (χ0n) is 9.03. The molecule has 0 radical (unpaired) electrons. The van der Waals surface area contributed by atoms with Crippen LogP contribution in [0.2, 0.25) is 0 Å². The van der Waals surface area contributed by atoms with Gasteiger partial charge < -0.3 is 5.73 Å². The van der Waals surface area contributed by atoms with Gasteiger partial charge in [0.15, 0.2) is 0 Å². The molecule has 2 N–H and O–H groups in total. The minimum Gasteiger partial charge on any atom is -0.322 e. The van der Waals surface area contributed by atoms with Gasteiger partial charge >= 0.3 is 0 Å². The van der Waals surface area contributed by atoms with Gasteiger partial charge in [0.05, 0.1) is 16.7 Å². The molecule has 3 atom stereocenters. The Hall–Kier alpha value is -0.410. The van der Waals surface area contributed by atoms with E-state index >= 15 is 0 Å². The van der Waals surface area contributed by atoms with Gasteiger partial charge in [0.25, 0.3) is 0 Å². The fraction of sp³-hybridized carbons (Fsp3) is 0.727. The lowest BCUT2D eigenvalue weighted by Gasteiger charge is -2.11. The summed E-state index contributed by atoms with van der Waals surface area (Å²) >= 11 is 1.78. The first-order chi connectivity index (χ1) is 6.59. The topological polar surface area (TPSA) is 38.9 Å². The molecule has 1 aliphatic rings. The Bertz CT molecular complexity index is 319. The van der Waals surface area contributed by atoms with Crippen molar-refractivity contribution in [3.63, 3.8) is 0 Å². The standard InChI is InChI=1S/C11H18N2S/c1-6(2)10(12)9-5-14-11(13-9)8-4-7(8)3/h5-8,10H,4,12H2,1-3H3. The van der Waals surface area contributed by atoms with E-state index in [0.717, 1.165) is 17.5 Å². The number of thiazole rings is 1. The molecule has 3 heteroatoms. The molecule has 2 rings (SSSR count). The lowest BCUT2D eigenvalue weighted by atomic mass is 10.0. The first kappa shape index (κ1) is 10.1. The van der Waals surface area contributed by atoms with Gasteiger partial charge in [-0.15, -0.1) is 11.3 Å². The smallest absolute Gasteiger partial charge is 0.0962 e. The number of nitrogens with zero attached hydrogens (tertiary/aromatic N) is 1. The van der Waals surface area contributed by atoms with Crippen LogP contribution in [0.5, 0.6) is 0 Å². The molecule has 0 amide bonds. The van der Waals surface area contributed by atoms with Gasteiger partial charge in [-0.1, -0.05) is 20.8 Å². The van der Waals surface area contributed by atoms with Crippen molar-refractivity contribution in [3.05, 3.63) is 16.1 Å². The van der Waals surface area contributed by atoms with Crippen LogP contribution in [0.4, 0.5) is 0 Å². The maximum absolute atomic E-state index is 6.05. The van der Waals surface area contributed by atoms with Crippen LogP contribution in [-0.4, -0.2) is 4.98 Å². The largest absolute Gasteiger partial charge is 0.322 e. The normalized spacial score (nSPS) is 28.1. The Kier molecular flexibility index (Phi) is 2.62. The van der Waals surface area contributed by atoms with Crippen LogP contribution in [-0.2, 0) is 0 Å². The minimum atomic E-state index is 0.106. The number of hydrogen-bond acceptors (Lipinski definition) is 3. The first-order valence-corrected chi connectivity index (χ1v) is 6.18. The number of rotatable bonds is 3. The maximum Gasteiger partial charge on any atom is 0.0962 e. The Labute approximate surface area is 89.5 Å². The molecule has 0 spiro atoms. The van der Waals surface area contributed by atoms with E-state index in [9.17, 15) is 0 Å². The average molecular weight is 210 g/mol. The van der Waals surface area contributed by atoms with Crippen molar-refractivity contribution in [1.82, 2.24) is 4.98 Å². The maximum atomic E-state index is 6.05. The summed E-state index contributed by atoms with van der Waals surface area (Å²) in [6, 6.07) is 0.106. The summed E-state index contributed by atoms with van der Waals surface area (Å²) in [5, 5.41) is 3.42. The summed E-state index contributed by atoms with van der Waals surface area (Å²) in [6.45, 7) is 6.57. The van der Waals surface area contributed by atoms with Crippen LogP contribution in [0.15, 0.2) is 5.38 Å². The van der Waals surface area contributed by atoms with Crippen LogP contribution < -0.4 is 5.73 Å². The van der Waals surface area contributed by atoms with E-state index in [2.05, 4.69) is 31.1 Å². The van der Waals surface area contributed by atoms with Crippen LogP contribution in [0.1, 0.15) is 49.9 Å². The Morgan fingerprint density at radius 3 is 2.71 bits per heavy atom. The SMILES string of the molecule is CC(C)C(N)c1csc(C2CC2C)n1. The molecule has 1 saturated carbocycles. The molecule has 0 bridgehead atoms. The third-order valence-electron chi connectivity index (χ3n) is 3.03. The molecule has 14 heavy (non-hydrogen) atoms. The van der Waals surface area contributed by atoms with E-state index in [4.69, 9.17) is 5.73 Å². The predicted octanol–water partition coefficient (Wildman–Crippen LogP) is 2.92. The lowest BCUT2D eigenvalue weighted by molar-refractivity contribution is 0.504. The zero-order valence-corrected chi connectivity index (χ0v) is 9.84. The third-order valence-corrected chi connectivity index (χ3v) is 4.02. The molecular formula is C11H18N2S. The van der Waals surface area contributed by atoms with Crippen molar-refractivity contribution in [2.45, 2.75) is 39.2 Å². The van der Waals surface area contributed by atoms with Crippen LogP contribution >= 0.6 is 11.3 Å². The molecule has 2 nitrogen and oxygen atoms in total. The minimum absolute atomic E-state index is 0.106. The van der Waals surface area contributed by atoms with Gasteiger partial charge in [-0.2, -0.15) is 0 Å². The van der Waals surface area contributed by atoms with Crippen molar-refractivity contribution in [2.24, 2.45) is 17.6 Å². The summed E-state index contributed by atoms with van der Waals surface area (Å²) in [4.78, 5) is 4.64. The lowest BCUT2D eigenvalue weighted by Crippen LogP contribution is -2.16. The number of nitrogens with two attached hydrogens (primary N) is 1. The highest BCUT2D eigenvalue weighted by Crippen LogP contribution is 2.48. The molecule has 1 aromatic rings. The van der Waals surface area contributed by atoms with E-state index in [0.29, 0.717) is 5.92 Å². The van der Waals surface area contributed by atoms with Crippen molar-refractivity contribution < 1.29 is 0 Å². The second-order valence-corrected chi connectivity index (χ2v) is 5.59. The van der Waals surface area contributed by atoms with Crippen molar-refractivity contribution in [3.8, 4) is 0 Å². The third kappa shape index (κ3) is 1.84. The van der Waals surface area contributed by atoms with Gasteiger partial charge in [-0.05, 0) is 18.3 Å². The van der Waals surface area contributed by atoms with Crippen LogP contribution in [0.25, 0.3) is 0 Å². The Morgan fingerprint density at radius 1 is 1.57 bits per heavy atom. The summed E-state index contributed by atoms with van der Waals surface area (Å²) in [5.74, 6) is 2.04.